The van der Waals surface area contributed by atoms with E-state index in [0.717, 1.165) is 19.4 Å². The number of rotatable bonds is 3. The summed E-state index contributed by atoms with van der Waals surface area (Å²) in [7, 11) is 0. The normalized spacial score (nSPS) is 20.7. The molecule has 5 nitrogen and oxygen atoms in total. The molecule has 0 spiro atoms. The highest BCUT2D eigenvalue weighted by Crippen LogP contribution is 2.16. The molecule has 1 aromatic rings. The second kappa shape index (κ2) is 8.10. The Kier molecular flexibility index (Phi) is 6.77. The third-order valence-corrected chi connectivity index (χ3v) is 3.61. The van der Waals surface area contributed by atoms with Gasteiger partial charge in [-0.15, -0.1) is 12.4 Å². The van der Waals surface area contributed by atoms with Gasteiger partial charge in [-0.3, -0.25) is 9.59 Å². The van der Waals surface area contributed by atoms with E-state index in [0.29, 0.717) is 5.69 Å². The Labute approximate surface area is 135 Å². The van der Waals surface area contributed by atoms with Crippen molar-refractivity contribution < 1.29 is 14.0 Å². The molecule has 2 unspecified atom stereocenters. The molecule has 1 fully saturated rings. The van der Waals surface area contributed by atoms with Crippen LogP contribution < -0.4 is 16.0 Å². The van der Waals surface area contributed by atoms with E-state index >= 15 is 0 Å². The summed E-state index contributed by atoms with van der Waals surface area (Å²) in [6, 6.07) is 4.10. The summed E-state index contributed by atoms with van der Waals surface area (Å²) in [6.07, 6.45) is 1.84. The van der Waals surface area contributed by atoms with Crippen molar-refractivity contribution in [2.75, 3.05) is 11.9 Å². The van der Waals surface area contributed by atoms with Gasteiger partial charge < -0.3 is 16.0 Å². The van der Waals surface area contributed by atoms with E-state index < -0.39 is 11.7 Å². The van der Waals surface area contributed by atoms with Crippen LogP contribution in [0.5, 0.6) is 0 Å². The van der Waals surface area contributed by atoms with Crippen LogP contribution in [-0.2, 0) is 4.79 Å². The van der Waals surface area contributed by atoms with E-state index in [1.807, 2.05) is 6.92 Å². The molecule has 0 saturated carbocycles. The van der Waals surface area contributed by atoms with Crippen LogP contribution in [0.4, 0.5) is 10.1 Å². The highest BCUT2D eigenvalue weighted by Gasteiger charge is 2.24. The molecular weight excluding hydrogens is 309 g/mol. The lowest BCUT2D eigenvalue weighted by Crippen LogP contribution is -2.52. The lowest BCUT2D eigenvalue weighted by atomic mass is 9.99. The number of hydrogen-bond acceptors (Lipinski definition) is 3. The first kappa shape index (κ1) is 18.4. The highest BCUT2D eigenvalue weighted by atomic mass is 35.5. The molecule has 2 atom stereocenters. The minimum absolute atomic E-state index is 0. The largest absolute Gasteiger partial charge is 0.348 e. The van der Waals surface area contributed by atoms with E-state index in [9.17, 15) is 14.0 Å². The van der Waals surface area contributed by atoms with Gasteiger partial charge in [-0.05, 0) is 44.5 Å². The molecule has 1 heterocycles. The Hall–Kier alpha value is -1.66. The number of benzene rings is 1. The molecule has 1 aliphatic heterocycles. The average molecular weight is 330 g/mol. The molecule has 7 heteroatoms. The van der Waals surface area contributed by atoms with Gasteiger partial charge in [-0.25, -0.2) is 4.39 Å². The minimum Gasteiger partial charge on any atom is -0.348 e. The molecule has 3 N–H and O–H groups in total. The van der Waals surface area contributed by atoms with Gasteiger partial charge in [-0.1, -0.05) is 0 Å². The fraction of sp³-hybridized carbons (Fsp3) is 0.467. The Morgan fingerprint density at radius 2 is 2.09 bits per heavy atom. The molecule has 1 aliphatic rings. The molecule has 2 rings (SSSR count). The topological polar surface area (TPSA) is 70.2 Å². The van der Waals surface area contributed by atoms with Crippen LogP contribution >= 0.6 is 12.4 Å². The third-order valence-electron chi connectivity index (χ3n) is 3.61. The van der Waals surface area contributed by atoms with Crippen molar-refractivity contribution >= 4 is 29.9 Å². The highest BCUT2D eigenvalue weighted by molar-refractivity contribution is 5.97. The molecule has 0 bridgehead atoms. The second-order valence-corrected chi connectivity index (χ2v) is 5.34. The van der Waals surface area contributed by atoms with Crippen molar-refractivity contribution in [3.8, 4) is 0 Å². The first-order valence-corrected chi connectivity index (χ1v) is 7.09. The molecule has 1 aromatic carbocycles. The standard InChI is InChI=1S/C15H20FN3O2.ClH/c1-9-14(4-3-7-17-9)19-15(21)12-8-11(18-10(2)20)5-6-13(12)16;/h5-6,8-9,14,17H,3-4,7H2,1-2H3,(H,18,20)(H,19,21);1H. The average Bonchev–Trinajstić information content (AvgIpc) is 2.43. The van der Waals surface area contributed by atoms with Crippen molar-refractivity contribution in [3.05, 3.63) is 29.6 Å². The van der Waals surface area contributed by atoms with Crippen LogP contribution in [0.25, 0.3) is 0 Å². The fourth-order valence-corrected chi connectivity index (χ4v) is 2.47. The zero-order chi connectivity index (χ0) is 15.4. The monoisotopic (exact) mass is 329 g/mol. The lowest BCUT2D eigenvalue weighted by molar-refractivity contribution is -0.114. The van der Waals surface area contributed by atoms with Gasteiger partial charge in [0.2, 0.25) is 5.91 Å². The summed E-state index contributed by atoms with van der Waals surface area (Å²) in [4.78, 5) is 23.3. The Morgan fingerprint density at radius 3 is 2.73 bits per heavy atom. The van der Waals surface area contributed by atoms with Gasteiger partial charge in [0.25, 0.3) is 5.91 Å². The van der Waals surface area contributed by atoms with Crippen molar-refractivity contribution in [2.45, 2.75) is 38.8 Å². The van der Waals surface area contributed by atoms with Gasteiger partial charge in [0.1, 0.15) is 5.82 Å². The lowest BCUT2D eigenvalue weighted by Gasteiger charge is -2.30. The predicted octanol–water partition coefficient (Wildman–Crippen LogP) is 2.08. The Bertz CT molecular complexity index is 554. The molecule has 1 saturated heterocycles. The van der Waals surface area contributed by atoms with Crippen molar-refractivity contribution in [1.82, 2.24) is 10.6 Å². The summed E-state index contributed by atoms with van der Waals surface area (Å²) < 4.78 is 13.8. The molecule has 122 valence electrons. The maximum absolute atomic E-state index is 13.8. The smallest absolute Gasteiger partial charge is 0.254 e. The van der Waals surface area contributed by atoms with E-state index in [1.165, 1.54) is 25.1 Å². The van der Waals surface area contributed by atoms with Gasteiger partial charge in [-0.2, -0.15) is 0 Å². The molecule has 0 aliphatic carbocycles. The SMILES string of the molecule is CC(=O)Nc1ccc(F)c(C(=O)NC2CCCNC2C)c1.Cl. The number of amides is 2. The molecular formula is C15H21ClFN3O2. The third kappa shape index (κ3) is 4.68. The summed E-state index contributed by atoms with van der Waals surface area (Å²) in [5.74, 6) is -1.32. The van der Waals surface area contributed by atoms with Crippen LogP contribution in [0, 0.1) is 5.82 Å². The summed E-state index contributed by atoms with van der Waals surface area (Å²) in [6.45, 7) is 4.28. The number of piperidine rings is 1. The first-order valence-electron chi connectivity index (χ1n) is 7.09. The fourth-order valence-electron chi connectivity index (χ4n) is 2.47. The van der Waals surface area contributed by atoms with E-state index in [1.54, 1.807) is 0 Å². The number of halogens is 2. The van der Waals surface area contributed by atoms with Gasteiger partial charge in [0, 0.05) is 24.7 Å². The van der Waals surface area contributed by atoms with Gasteiger partial charge in [0.05, 0.1) is 5.56 Å². The maximum atomic E-state index is 13.8. The number of carbonyl (C=O) groups excluding carboxylic acids is 2. The Morgan fingerprint density at radius 1 is 1.36 bits per heavy atom. The quantitative estimate of drug-likeness (QED) is 0.795. The van der Waals surface area contributed by atoms with Gasteiger partial charge >= 0.3 is 0 Å². The summed E-state index contributed by atoms with van der Waals surface area (Å²) in [5.41, 5.74) is 0.350. The minimum atomic E-state index is -0.599. The summed E-state index contributed by atoms with van der Waals surface area (Å²) in [5, 5.41) is 8.67. The number of nitrogens with one attached hydrogen (secondary N) is 3. The second-order valence-electron chi connectivity index (χ2n) is 5.34. The number of anilines is 1. The number of carbonyl (C=O) groups is 2. The van der Waals surface area contributed by atoms with Crippen LogP contribution in [0.1, 0.15) is 37.0 Å². The zero-order valence-electron chi connectivity index (χ0n) is 12.6. The molecule has 0 radical (unpaired) electrons. The summed E-state index contributed by atoms with van der Waals surface area (Å²) >= 11 is 0. The van der Waals surface area contributed by atoms with E-state index in [4.69, 9.17) is 0 Å². The Balaban J connectivity index is 0.00000242. The van der Waals surface area contributed by atoms with Gasteiger partial charge in [0.15, 0.2) is 0 Å². The van der Waals surface area contributed by atoms with Crippen LogP contribution in [0.3, 0.4) is 0 Å². The predicted molar refractivity (Wildman–Crippen MR) is 85.9 cm³/mol. The van der Waals surface area contributed by atoms with Crippen molar-refractivity contribution in [1.29, 1.82) is 0 Å². The molecule has 22 heavy (non-hydrogen) atoms. The first-order chi connectivity index (χ1) is 9.97. The van der Waals surface area contributed by atoms with Crippen molar-refractivity contribution in [2.24, 2.45) is 0 Å². The van der Waals surface area contributed by atoms with E-state index in [2.05, 4.69) is 16.0 Å². The zero-order valence-corrected chi connectivity index (χ0v) is 13.4. The maximum Gasteiger partial charge on any atom is 0.254 e. The van der Waals surface area contributed by atoms with Crippen LogP contribution in [-0.4, -0.2) is 30.4 Å². The van der Waals surface area contributed by atoms with E-state index in [-0.39, 0.29) is 36.0 Å². The number of hydrogen-bond donors (Lipinski definition) is 3. The molecule has 0 aromatic heterocycles. The van der Waals surface area contributed by atoms with Crippen LogP contribution in [0.15, 0.2) is 18.2 Å². The molecule has 2 amide bonds. The van der Waals surface area contributed by atoms with Crippen molar-refractivity contribution in [3.63, 3.8) is 0 Å². The van der Waals surface area contributed by atoms with Crippen LogP contribution in [0.2, 0.25) is 0 Å².